The summed E-state index contributed by atoms with van der Waals surface area (Å²) in [6.07, 6.45) is 4.18. The number of guanidine groups is 1. The molecular formula is C17H24Cl2IN3O. The van der Waals surface area contributed by atoms with Crippen LogP contribution in [-0.4, -0.2) is 32.8 Å². The first-order valence-corrected chi connectivity index (χ1v) is 8.53. The standard InChI is InChI=1S/C17H23Cl2N3O.HI/c1-12(15-4-3-14(18)11-16(15)19)22-17(20-2)21-8-5-13-6-9-23-10-7-13;/h3-4,6,11-12H,5,7-10H2,1-2H3,(H2,20,21,22);1H. The molecule has 4 nitrogen and oxygen atoms in total. The van der Waals surface area contributed by atoms with Crippen LogP contribution in [0.1, 0.15) is 31.4 Å². The van der Waals surface area contributed by atoms with Crippen molar-refractivity contribution in [2.24, 2.45) is 4.99 Å². The van der Waals surface area contributed by atoms with Crippen LogP contribution >= 0.6 is 47.2 Å². The molecule has 2 N–H and O–H groups in total. The molecule has 0 saturated carbocycles. The summed E-state index contributed by atoms with van der Waals surface area (Å²) in [5.41, 5.74) is 2.43. The van der Waals surface area contributed by atoms with Gasteiger partial charge in [-0.15, -0.1) is 24.0 Å². The van der Waals surface area contributed by atoms with Crippen molar-refractivity contribution in [3.63, 3.8) is 0 Å². The lowest BCUT2D eigenvalue weighted by atomic mass is 10.1. The summed E-state index contributed by atoms with van der Waals surface area (Å²) >= 11 is 12.2. The van der Waals surface area contributed by atoms with Crippen molar-refractivity contribution >= 4 is 53.1 Å². The fourth-order valence-corrected chi connectivity index (χ4v) is 3.04. The number of nitrogens with zero attached hydrogens (tertiary/aromatic N) is 1. The van der Waals surface area contributed by atoms with Crippen molar-refractivity contribution in [2.45, 2.75) is 25.8 Å². The quantitative estimate of drug-likeness (QED) is 0.279. The molecule has 0 saturated heterocycles. The SMILES string of the molecule is CN=C(NCCC1=CCOCC1)NC(C)c1ccc(Cl)cc1Cl.I. The first-order valence-electron chi connectivity index (χ1n) is 7.78. The van der Waals surface area contributed by atoms with E-state index in [2.05, 4.69) is 21.7 Å². The average molecular weight is 484 g/mol. The number of benzene rings is 1. The Labute approximate surface area is 171 Å². The molecular weight excluding hydrogens is 460 g/mol. The van der Waals surface area contributed by atoms with Crippen molar-refractivity contribution in [1.29, 1.82) is 0 Å². The summed E-state index contributed by atoms with van der Waals surface area (Å²) in [5, 5.41) is 7.97. The van der Waals surface area contributed by atoms with E-state index >= 15 is 0 Å². The molecule has 1 unspecified atom stereocenters. The minimum atomic E-state index is 0. The van der Waals surface area contributed by atoms with E-state index in [4.69, 9.17) is 27.9 Å². The van der Waals surface area contributed by atoms with E-state index < -0.39 is 0 Å². The van der Waals surface area contributed by atoms with Crippen LogP contribution in [0.15, 0.2) is 34.8 Å². The predicted octanol–water partition coefficient (Wildman–Crippen LogP) is 4.57. The Balaban J connectivity index is 0.00000288. The summed E-state index contributed by atoms with van der Waals surface area (Å²) in [5.74, 6) is 0.760. The zero-order chi connectivity index (χ0) is 16.7. The van der Waals surface area contributed by atoms with E-state index in [1.165, 1.54) is 5.57 Å². The Bertz CT molecular complexity index is 593. The lowest BCUT2D eigenvalue weighted by Gasteiger charge is -2.20. The summed E-state index contributed by atoms with van der Waals surface area (Å²) in [6, 6.07) is 5.56. The number of aliphatic imine (C=N–C) groups is 1. The molecule has 24 heavy (non-hydrogen) atoms. The second kappa shape index (κ2) is 11.2. The topological polar surface area (TPSA) is 45.7 Å². The Morgan fingerprint density at radius 1 is 1.38 bits per heavy atom. The van der Waals surface area contributed by atoms with Crippen LogP contribution < -0.4 is 10.6 Å². The molecule has 0 bridgehead atoms. The van der Waals surface area contributed by atoms with Crippen molar-refractivity contribution in [3.8, 4) is 0 Å². The largest absolute Gasteiger partial charge is 0.377 e. The van der Waals surface area contributed by atoms with Crippen LogP contribution in [0.25, 0.3) is 0 Å². The van der Waals surface area contributed by atoms with Gasteiger partial charge in [0.2, 0.25) is 0 Å². The first-order chi connectivity index (χ1) is 11.1. The number of rotatable bonds is 5. The molecule has 0 spiro atoms. The predicted molar refractivity (Wildman–Crippen MR) is 113 cm³/mol. The third kappa shape index (κ3) is 6.78. The van der Waals surface area contributed by atoms with Gasteiger partial charge in [0.15, 0.2) is 5.96 Å². The Morgan fingerprint density at radius 3 is 2.79 bits per heavy atom. The molecule has 1 aliphatic heterocycles. The van der Waals surface area contributed by atoms with Gasteiger partial charge in [0.1, 0.15) is 0 Å². The lowest BCUT2D eigenvalue weighted by molar-refractivity contribution is 0.153. The fourth-order valence-electron chi connectivity index (χ4n) is 2.46. The maximum atomic E-state index is 6.25. The molecule has 1 aromatic rings. The molecule has 0 aromatic heterocycles. The van der Waals surface area contributed by atoms with Crippen molar-refractivity contribution in [3.05, 3.63) is 45.5 Å². The van der Waals surface area contributed by atoms with Gasteiger partial charge in [-0.1, -0.05) is 40.9 Å². The van der Waals surface area contributed by atoms with Crippen LogP contribution in [-0.2, 0) is 4.74 Å². The van der Waals surface area contributed by atoms with E-state index in [1.54, 1.807) is 13.1 Å². The number of hydrogen-bond acceptors (Lipinski definition) is 2. The van der Waals surface area contributed by atoms with Crippen molar-refractivity contribution in [1.82, 2.24) is 10.6 Å². The van der Waals surface area contributed by atoms with Crippen LogP contribution in [0.5, 0.6) is 0 Å². The highest BCUT2D eigenvalue weighted by Gasteiger charge is 2.12. The summed E-state index contributed by atoms with van der Waals surface area (Å²) in [4.78, 5) is 4.26. The molecule has 0 amide bonds. The average Bonchev–Trinajstić information content (AvgIpc) is 2.54. The van der Waals surface area contributed by atoms with Crippen LogP contribution in [0, 0.1) is 0 Å². The number of halogens is 3. The van der Waals surface area contributed by atoms with Gasteiger partial charge in [-0.3, -0.25) is 4.99 Å². The zero-order valence-electron chi connectivity index (χ0n) is 13.9. The number of nitrogens with one attached hydrogen (secondary N) is 2. The highest BCUT2D eigenvalue weighted by atomic mass is 127. The second-order valence-corrected chi connectivity index (χ2v) is 6.31. The van der Waals surface area contributed by atoms with Crippen molar-refractivity contribution < 1.29 is 4.74 Å². The minimum Gasteiger partial charge on any atom is -0.377 e. The third-order valence-electron chi connectivity index (χ3n) is 3.80. The van der Waals surface area contributed by atoms with Crippen LogP contribution in [0.4, 0.5) is 0 Å². The number of ether oxygens (including phenoxy) is 1. The third-order valence-corrected chi connectivity index (χ3v) is 4.36. The van der Waals surface area contributed by atoms with Gasteiger partial charge < -0.3 is 15.4 Å². The smallest absolute Gasteiger partial charge is 0.191 e. The van der Waals surface area contributed by atoms with Crippen LogP contribution in [0.3, 0.4) is 0 Å². The molecule has 1 atom stereocenters. The molecule has 134 valence electrons. The van der Waals surface area contributed by atoms with E-state index in [1.807, 2.05) is 19.1 Å². The van der Waals surface area contributed by atoms with Gasteiger partial charge in [0.25, 0.3) is 0 Å². The highest BCUT2D eigenvalue weighted by molar-refractivity contribution is 14.0. The molecule has 1 aromatic carbocycles. The minimum absolute atomic E-state index is 0. The zero-order valence-corrected chi connectivity index (χ0v) is 17.8. The van der Waals surface area contributed by atoms with Gasteiger partial charge in [0.05, 0.1) is 19.3 Å². The second-order valence-electron chi connectivity index (χ2n) is 5.47. The van der Waals surface area contributed by atoms with Gasteiger partial charge in [-0.05, 0) is 37.5 Å². The monoisotopic (exact) mass is 483 g/mol. The maximum Gasteiger partial charge on any atom is 0.191 e. The summed E-state index contributed by atoms with van der Waals surface area (Å²) in [6.45, 7) is 4.44. The Morgan fingerprint density at radius 2 is 2.17 bits per heavy atom. The van der Waals surface area contributed by atoms with Gasteiger partial charge >= 0.3 is 0 Å². The molecule has 0 radical (unpaired) electrons. The van der Waals surface area contributed by atoms with Gasteiger partial charge in [-0.2, -0.15) is 0 Å². The number of hydrogen-bond donors (Lipinski definition) is 2. The van der Waals surface area contributed by atoms with E-state index in [0.717, 1.165) is 44.1 Å². The van der Waals surface area contributed by atoms with Crippen LogP contribution in [0.2, 0.25) is 10.0 Å². The molecule has 1 heterocycles. The molecule has 0 aliphatic carbocycles. The molecule has 0 fully saturated rings. The van der Waals surface area contributed by atoms with Gasteiger partial charge in [-0.25, -0.2) is 0 Å². The summed E-state index contributed by atoms with van der Waals surface area (Å²) in [7, 11) is 1.76. The first kappa shape index (κ1) is 21.5. The molecule has 2 rings (SSSR count). The van der Waals surface area contributed by atoms with E-state index in [9.17, 15) is 0 Å². The van der Waals surface area contributed by atoms with Gasteiger partial charge in [0, 0.05) is 23.6 Å². The molecule has 1 aliphatic rings. The molecule has 7 heteroatoms. The maximum absolute atomic E-state index is 6.25. The lowest BCUT2D eigenvalue weighted by Crippen LogP contribution is -2.39. The van der Waals surface area contributed by atoms with Crippen molar-refractivity contribution in [2.75, 3.05) is 26.8 Å². The Hall–Kier alpha value is -0.500. The Kier molecular flexibility index (Phi) is 10.0. The fraction of sp³-hybridized carbons (Fsp3) is 0.471. The van der Waals surface area contributed by atoms with E-state index in [0.29, 0.717) is 10.0 Å². The van der Waals surface area contributed by atoms with E-state index in [-0.39, 0.29) is 30.0 Å². The normalized spacial score (nSPS) is 16.0. The highest BCUT2D eigenvalue weighted by Crippen LogP contribution is 2.25. The summed E-state index contributed by atoms with van der Waals surface area (Å²) < 4.78 is 5.31.